The molecule has 1 fully saturated rings. The van der Waals surface area contributed by atoms with Gasteiger partial charge in [-0.05, 0) is 12.8 Å². The molecule has 17 heavy (non-hydrogen) atoms. The number of hydrogen-bond donors (Lipinski definition) is 1. The standard InChI is InChI=1S/C12H21N3O2/c1-4-7-13-9-11(16)15-8-5-6-10(15)12(17)14(2)3/h4,10,13H,1,5-9H2,2-3H3. The van der Waals surface area contributed by atoms with Crippen LogP contribution in [0.3, 0.4) is 0 Å². The van der Waals surface area contributed by atoms with Crippen LogP contribution in [0.2, 0.25) is 0 Å². The molecular weight excluding hydrogens is 218 g/mol. The number of carbonyl (C=O) groups is 2. The van der Waals surface area contributed by atoms with Crippen LogP contribution in [-0.2, 0) is 9.59 Å². The van der Waals surface area contributed by atoms with E-state index in [0.29, 0.717) is 13.1 Å². The van der Waals surface area contributed by atoms with Crippen molar-refractivity contribution < 1.29 is 9.59 Å². The van der Waals surface area contributed by atoms with Crippen LogP contribution in [0.15, 0.2) is 12.7 Å². The molecule has 0 spiro atoms. The smallest absolute Gasteiger partial charge is 0.244 e. The Morgan fingerprint density at radius 1 is 1.53 bits per heavy atom. The zero-order chi connectivity index (χ0) is 12.8. The average Bonchev–Trinajstić information content (AvgIpc) is 2.76. The Balaban J connectivity index is 2.53. The fourth-order valence-electron chi connectivity index (χ4n) is 2.00. The Bertz CT molecular complexity index is 302. The number of likely N-dealkylation sites (N-methyl/N-ethyl adjacent to an activating group) is 1. The minimum atomic E-state index is -0.275. The summed E-state index contributed by atoms with van der Waals surface area (Å²) < 4.78 is 0. The molecular formula is C12H21N3O2. The van der Waals surface area contributed by atoms with Gasteiger partial charge in [-0.2, -0.15) is 0 Å². The topological polar surface area (TPSA) is 52.7 Å². The molecule has 1 aliphatic rings. The van der Waals surface area contributed by atoms with Gasteiger partial charge in [0, 0.05) is 27.2 Å². The fraction of sp³-hybridized carbons (Fsp3) is 0.667. The quantitative estimate of drug-likeness (QED) is 0.536. The van der Waals surface area contributed by atoms with E-state index in [1.165, 1.54) is 0 Å². The molecule has 0 bridgehead atoms. The number of amides is 2. The molecule has 1 unspecified atom stereocenters. The van der Waals surface area contributed by atoms with Crippen LogP contribution in [0.4, 0.5) is 0 Å². The zero-order valence-corrected chi connectivity index (χ0v) is 10.6. The van der Waals surface area contributed by atoms with Gasteiger partial charge in [-0.1, -0.05) is 6.08 Å². The summed E-state index contributed by atoms with van der Waals surface area (Å²) in [5, 5.41) is 2.97. The first-order valence-electron chi connectivity index (χ1n) is 5.90. The van der Waals surface area contributed by atoms with Gasteiger partial charge < -0.3 is 15.1 Å². The maximum absolute atomic E-state index is 11.9. The predicted molar refractivity (Wildman–Crippen MR) is 66.5 cm³/mol. The van der Waals surface area contributed by atoms with Crippen LogP contribution in [0.5, 0.6) is 0 Å². The third-order valence-electron chi connectivity index (χ3n) is 2.86. The minimum Gasteiger partial charge on any atom is -0.347 e. The van der Waals surface area contributed by atoms with Crippen molar-refractivity contribution in [2.45, 2.75) is 18.9 Å². The van der Waals surface area contributed by atoms with E-state index in [1.807, 2.05) is 0 Å². The summed E-state index contributed by atoms with van der Waals surface area (Å²) in [5.74, 6) is 0.00382. The molecule has 0 aliphatic carbocycles. The van der Waals surface area contributed by atoms with E-state index in [-0.39, 0.29) is 24.4 Å². The van der Waals surface area contributed by atoms with E-state index in [1.54, 1.807) is 30.0 Å². The molecule has 1 rings (SSSR count). The van der Waals surface area contributed by atoms with E-state index >= 15 is 0 Å². The van der Waals surface area contributed by atoms with Crippen molar-refractivity contribution in [2.75, 3.05) is 33.7 Å². The Kier molecular flexibility index (Phi) is 5.15. The zero-order valence-electron chi connectivity index (χ0n) is 10.6. The number of nitrogens with zero attached hydrogens (tertiary/aromatic N) is 2. The summed E-state index contributed by atoms with van der Waals surface area (Å²) in [7, 11) is 3.44. The monoisotopic (exact) mass is 239 g/mol. The normalized spacial score (nSPS) is 19.2. The van der Waals surface area contributed by atoms with Crippen LogP contribution >= 0.6 is 0 Å². The molecule has 1 saturated heterocycles. The Morgan fingerprint density at radius 3 is 2.82 bits per heavy atom. The predicted octanol–water partition coefficient (Wildman–Crippen LogP) is -0.159. The van der Waals surface area contributed by atoms with Crippen LogP contribution in [0.25, 0.3) is 0 Å². The summed E-state index contributed by atoms with van der Waals surface area (Å²) in [6.07, 6.45) is 3.38. The van der Waals surface area contributed by atoms with Gasteiger partial charge in [0.25, 0.3) is 0 Å². The highest BCUT2D eigenvalue weighted by atomic mass is 16.2. The van der Waals surface area contributed by atoms with Gasteiger partial charge in [0.2, 0.25) is 11.8 Å². The number of nitrogens with one attached hydrogen (secondary N) is 1. The molecule has 96 valence electrons. The van der Waals surface area contributed by atoms with Gasteiger partial charge in [0.05, 0.1) is 6.54 Å². The van der Waals surface area contributed by atoms with Gasteiger partial charge in [0.15, 0.2) is 0 Å². The SMILES string of the molecule is C=CCNCC(=O)N1CCCC1C(=O)N(C)C. The molecule has 0 saturated carbocycles. The molecule has 1 atom stereocenters. The lowest BCUT2D eigenvalue weighted by Crippen LogP contribution is -2.48. The second kappa shape index (κ2) is 6.39. The van der Waals surface area contributed by atoms with Crippen LogP contribution in [0, 0.1) is 0 Å². The molecule has 1 heterocycles. The maximum atomic E-state index is 11.9. The molecule has 2 amide bonds. The minimum absolute atomic E-state index is 0.00968. The largest absolute Gasteiger partial charge is 0.347 e. The molecule has 0 aromatic carbocycles. The Morgan fingerprint density at radius 2 is 2.24 bits per heavy atom. The molecule has 0 aromatic heterocycles. The summed E-state index contributed by atoms with van der Waals surface area (Å²) in [4.78, 5) is 27.0. The molecule has 5 heteroatoms. The fourth-order valence-corrected chi connectivity index (χ4v) is 2.00. The van der Waals surface area contributed by atoms with E-state index in [0.717, 1.165) is 12.8 Å². The third-order valence-corrected chi connectivity index (χ3v) is 2.86. The van der Waals surface area contributed by atoms with Crippen molar-refractivity contribution in [1.29, 1.82) is 0 Å². The van der Waals surface area contributed by atoms with Crippen molar-refractivity contribution in [1.82, 2.24) is 15.1 Å². The first kappa shape index (κ1) is 13.7. The molecule has 0 aromatic rings. The van der Waals surface area contributed by atoms with Gasteiger partial charge in [-0.25, -0.2) is 0 Å². The second-order valence-corrected chi connectivity index (χ2v) is 4.40. The lowest BCUT2D eigenvalue weighted by Gasteiger charge is -2.26. The average molecular weight is 239 g/mol. The van der Waals surface area contributed by atoms with Crippen molar-refractivity contribution in [3.05, 3.63) is 12.7 Å². The van der Waals surface area contributed by atoms with Crippen molar-refractivity contribution in [3.8, 4) is 0 Å². The van der Waals surface area contributed by atoms with E-state index in [9.17, 15) is 9.59 Å². The molecule has 5 nitrogen and oxygen atoms in total. The van der Waals surface area contributed by atoms with E-state index < -0.39 is 0 Å². The highest BCUT2D eigenvalue weighted by Gasteiger charge is 2.34. The second-order valence-electron chi connectivity index (χ2n) is 4.40. The summed E-state index contributed by atoms with van der Waals surface area (Å²) in [6, 6.07) is -0.275. The maximum Gasteiger partial charge on any atom is 0.244 e. The molecule has 1 N–H and O–H groups in total. The van der Waals surface area contributed by atoms with Gasteiger partial charge in [0.1, 0.15) is 6.04 Å². The number of rotatable bonds is 5. The van der Waals surface area contributed by atoms with Crippen molar-refractivity contribution >= 4 is 11.8 Å². The Labute approximate surface area is 102 Å². The summed E-state index contributed by atoms with van der Waals surface area (Å²) >= 11 is 0. The summed E-state index contributed by atoms with van der Waals surface area (Å²) in [5.41, 5.74) is 0. The highest BCUT2D eigenvalue weighted by molar-refractivity contribution is 5.88. The van der Waals surface area contributed by atoms with Crippen molar-refractivity contribution in [2.24, 2.45) is 0 Å². The van der Waals surface area contributed by atoms with E-state index in [2.05, 4.69) is 11.9 Å². The Hall–Kier alpha value is -1.36. The molecule has 1 aliphatic heterocycles. The number of carbonyl (C=O) groups excluding carboxylic acids is 2. The van der Waals surface area contributed by atoms with Crippen LogP contribution in [0.1, 0.15) is 12.8 Å². The number of likely N-dealkylation sites (tertiary alicyclic amines) is 1. The van der Waals surface area contributed by atoms with Gasteiger partial charge in [-0.15, -0.1) is 6.58 Å². The van der Waals surface area contributed by atoms with Crippen LogP contribution < -0.4 is 5.32 Å². The third kappa shape index (κ3) is 3.56. The first-order chi connectivity index (χ1) is 8.07. The lowest BCUT2D eigenvalue weighted by atomic mass is 10.2. The highest BCUT2D eigenvalue weighted by Crippen LogP contribution is 2.18. The van der Waals surface area contributed by atoms with Crippen LogP contribution in [-0.4, -0.2) is 61.4 Å². The van der Waals surface area contributed by atoms with E-state index in [4.69, 9.17) is 0 Å². The summed E-state index contributed by atoms with van der Waals surface area (Å²) in [6.45, 7) is 5.12. The molecule has 0 radical (unpaired) electrons. The van der Waals surface area contributed by atoms with Gasteiger partial charge in [-0.3, -0.25) is 9.59 Å². The lowest BCUT2D eigenvalue weighted by molar-refractivity contribution is -0.141. The van der Waals surface area contributed by atoms with Crippen molar-refractivity contribution in [3.63, 3.8) is 0 Å². The first-order valence-corrected chi connectivity index (χ1v) is 5.90. The number of hydrogen-bond acceptors (Lipinski definition) is 3. The van der Waals surface area contributed by atoms with Gasteiger partial charge >= 0.3 is 0 Å².